The first-order valence-electron chi connectivity index (χ1n) is 5.00. The van der Waals surface area contributed by atoms with Crippen LogP contribution in [-0.4, -0.2) is 28.1 Å². The van der Waals surface area contributed by atoms with Gasteiger partial charge in [-0.1, -0.05) is 0 Å². The van der Waals surface area contributed by atoms with E-state index in [-0.39, 0.29) is 18.1 Å². The molecule has 0 aliphatic heterocycles. The third kappa shape index (κ3) is 1.89. The second-order valence-electron chi connectivity index (χ2n) is 4.01. The first-order valence-corrected chi connectivity index (χ1v) is 5.88. The number of carbonyl (C=O) groups excluding carboxylic acids is 1. The van der Waals surface area contributed by atoms with Crippen molar-refractivity contribution in [1.29, 1.82) is 0 Å². The van der Waals surface area contributed by atoms with Crippen LogP contribution in [0.15, 0.2) is 5.51 Å². The zero-order chi connectivity index (χ0) is 10.9. The highest BCUT2D eigenvalue weighted by molar-refractivity contribution is 7.11. The molecule has 0 unspecified atom stereocenters. The standard InChI is InChI=1S/C10H14N2O2S/c1-7-8(15-6-11-7)9(14)12-10(5-13)3-2-4-10/h6,13H,2-5H2,1H3,(H,12,14). The summed E-state index contributed by atoms with van der Waals surface area (Å²) in [6.07, 6.45) is 2.81. The second kappa shape index (κ2) is 3.90. The van der Waals surface area contributed by atoms with Gasteiger partial charge in [-0.25, -0.2) is 4.98 Å². The molecule has 1 amide bonds. The molecule has 0 aromatic carbocycles. The molecule has 5 heteroatoms. The average Bonchev–Trinajstić information content (AvgIpc) is 2.58. The predicted molar refractivity (Wildman–Crippen MR) is 58.0 cm³/mol. The van der Waals surface area contributed by atoms with Gasteiger partial charge in [0, 0.05) is 0 Å². The summed E-state index contributed by atoms with van der Waals surface area (Å²) < 4.78 is 0. The van der Waals surface area contributed by atoms with Crippen LogP contribution in [0.5, 0.6) is 0 Å². The van der Waals surface area contributed by atoms with E-state index in [1.165, 1.54) is 11.3 Å². The molecule has 1 aliphatic carbocycles. The minimum absolute atomic E-state index is 0.0244. The first-order chi connectivity index (χ1) is 7.17. The van der Waals surface area contributed by atoms with Gasteiger partial charge in [-0.2, -0.15) is 0 Å². The summed E-state index contributed by atoms with van der Waals surface area (Å²) in [6.45, 7) is 1.84. The molecule has 1 heterocycles. The number of nitrogens with zero attached hydrogens (tertiary/aromatic N) is 1. The number of amides is 1. The Hall–Kier alpha value is -0.940. The molecule has 4 nitrogen and oxygen atoms in total. The largest absolute Gasteiger partial charge is 0.394 e. The molecule has 0 spiro atoms. The molecule has 0 radical (unpaired) electrons. The molecular formula is C10H14N2O2S. The molecule has 1 aliphatic rings. The van der Waals surface area contributed by atoms with Crippen LogP contribution in [0.25, 0.3) is 0 Å². The van der Waals surface area contributed by atoms with E-state index in [0.717, 1.165) is 25.0 Å². The van der Waals surface area contributed by atoms with Gasteiger partial charge >= 0.3 is 0 Å². The van der Waals surface area contributed by atoms with Gasteiger partial charge < -0.3 is 10.4 Å². The second-order valence-corrected chi connectivity index (χ2v) is 4.87. The molecule has 15 heavy (non-hydrogen) atoms. The molecule has 0 saturated heterocycles. The number of nitrogens with one attached hydrogen (secondary N) is 1. The third-order valence-electron chi connectivity index (χ3n) is 2.94. The number of aliphatic hydroxyl groups is 1. The molecule has 1 aromatic rings. The Kier molecular flexibility index (Phi) is 2.75. The Bertz CT molecular complexity index is 366. The molecule has 2 rings (SSSR count). The molecule has 1 saturated carbocycles. The van der Waals surface area contributed by atoms with Crippen LogP contribution >= 0.6 is 11.3 Å². The number of rotatable bonds is 3. The number of hydrogen-bond donors (Lipinski definition) is 2. The van der Waals surface area contributed by atoms with Crippen LogP contribution in [0.3, 0.4) is 0 Å². The SMILES string of the molecule is Cc1ncsc1C(=O)NC1(CO)CCC1. The molecule has 1 fully saturated rings. The van der Waals surface area contributed by atoms with Crippen molar-refractivity contribution in [3.63, 3.8) is 0 Å². The summed E-state index contributed by atoms with van der Waals surface area (Å²) in [5.74, 6) is -0.108. The first kappa shape index (κ1) is 10.6. The minimum atomic E-state index is -0.368. The normalized spacial score (nSPS) is 18.3. The lowest BCUT2D eigenvalue weighted by Gasteiger charge is -2.40. The van der Waals surface area contributed by atoms with E-state index in [9.17, 15) is 9.90 Å². The molecule has 0 atom stereocenters. The van der Waals surface area contributed by atoms with Gasteiger partial charge in [0.15, 0.2) is 0 Å². The van der Waals surface area contributed by atoms with Crippen molar-refractivity contribution in [3.8, 4) is 0 Å². The van der Waals surface area contributed by atoms with Gasteiger partial charge in [0.05, 0.1) is 23.4 Å². The average molecular weight is 226 g/mol. The fraction of sp³-hybridized carbons (Fsp3) is 0.600. The highest BCUT2D eigenvalue weighted by Gasteiger charge is 2.38. The fourth-order valence-corrected chi connectivity index (χ4v) is 2.44. The van der Waals surface area contributed by atoms with Gasteiger partial charge in [0.2, 0.25) is 0 Å². The van der Waals surface area contributed by atoms with Gasteiger partial charge in [-0.05, 0) is 26.2 Å². The molecule has 1 aromatic heterocycles. The summed E-state index contributed by atoms with van der Waals surface area (Å²) in [5.41, 5.74) is 2.05. The minimum Gasteiger partial charge on any atom is -0.394 e. The Balaban J connectivity index is 2.07. The smallest absolute Gasteiger partial charge is 0.263 e. The number of aliphatic hydroxyl groups excluding tert-OH is 1. The summed E-state index contributed by atoms with van der Waals surface area (Å²) in [4.78, 5) is 16.5. The van der Waals surface area contributed by atoms with Crippen molar-refractivity contribution < 1.29 is 9.90 Å². The van der Waals surface area contributed by atoms with Gasteiger partial charge in [-0.15, -0.1) is 11.3 Å². The Morgan fingerprint density at radius 2 is 2.47 bits per heavy atom. The lowest BCUT2D eigenvalue weighted by atomic mass is 9.77. The molecule has 0 bridgehead atoms. The van der Waals surface area contributed by atoms with Crippen molar-refractivity contribution >= 4 is 17.2 Å². The van der Waals surface area contributed by atoms with Crippen LogP contribution in [0, 0.1) is 6.92 Å². The molecule has 82 valence electrons. The highest BCUT2D eigenvalue weighted by Crippen LogP contribution is 2.31. The van der Waals surface area contributed by atoms with Crippen molar-refractivity contribution in [2.75, 3.05) is 6.61 Å². The Morgan fingerprint density at radius 3 is 2.87 bits per heavy atom. The zero-order valence-electron chi connectivity index (χ0n) is 8.62. The molecule has 2 N–H and O–H groups in total. The topological polar surface area (TPSA) is 62.2 Å². The predicted octanol–water partition coefficient (Wildman–Crippen LogP) is 1.10. The molecular weight excluding hydrogens is 212 g/mol. The van der Waals surface area contributed by atoms with Crippen LogP contribution in [0.4, 0.5) is 0 Å². The number of carbonyl (C=O) groups is 1. The lowest BCUT2D eigenvalue weighted by Crippen LogP contribution is -2.56. The summed E-state index contributed by atoms with van der Waals surface area (Å²) in [6, 6.07) is 0. The number of aryl methyl sites for hydroxylation is 1. The summed E-state index contributed by atoms with van der Waals surface area (Å²) in [7, 11) is 0. The van der Waals surface area contributed by atoms with E-state index in [1.807, 2.05) is 6.92 Å². The van der Waals surface area contributed by atoms with E-state index in [0.29, 0.717) is 4.88 Å². The zero-order valence-corrected chi connectivity index (χ0v) is 9.43. The summed E-state index contributed by atoms with van der Waals surface area (Å²) >= 11 is 1.34. The maximum absolute atomic E-state index is 11.8. The van der Waals surface area contributed by atoms with Crippen LogP contribution in [-0.2, 0) is 0 Å². The van der Waals surface area contributed by atoms with E-state index >= 15 is 0 Å². The number of aromatic nitrogens is 1. The van der Waals surface area contributed by atoms with Crippen molar-refractivity contribution in [2.45, 2.75) is 31.7 Å². The van der Waals surface area contributed by atoms with Crippen LogP contribution in [0.1, 0.15) is 34.6 Å². The summed E-state index contributed by atoms with van der Waals surface area (Å²) in [5, 5.41) is 12.1. The van der Waals surface area contributed by atoms with E-state index in [4.69, 9.17) is 0 Å². The van der Waals surface area contributed by atoms with Crippen LogP contribution in [0.2, 0.25) is 0 Å². The fourth-order valence-electron chi connectivity index (χ4n) is 1.74. The quantitative estimate of drug-likeness (QED) is 0.811. The van der Waals surface area contributed by atoms with E-state index in [2.05, 4.69) is 10.3 Å². The van der Waals surface area contributed by atoms with E-state index in [1.54, 1.807) is 5.51 Å². The monoisotopic (exact) mass is 226 g/mol. The number of hydrogen-bond acceptors (Lipinski definition) is 4. The van der Waals surface area contributed by atoms with Crippen molar-refractivity contribution in [2.24, 2.45) is 0 Å². The maximum Gasteiger partial charge on any atom is 0.263 e. The van der Waals surface area contributed by atoms with Crippen LogP contribution < -0.4 is 5.32 Å². The third-order valence-corrected chi connectivity index (χ3v) is 3.87. The lowest BCUT2D eigenvalue weighted by molar-refractivity contribution is 0.0644. The number of thiazole rings is 1. The van der Waals surface area contributed by atoms with Gasteiger partial charge in [-0.3, -0.25) is 4.79 Å². The van der Waals surface area contributed by atoms with Crippen molar-refractivity contribution in [3.05, 3.63) is 16.1 Å². The highest BCUT2D eigenvalue weighted by atomic mass is 32.1. The van der Waals surface area contributed by atoms with Crippen molar-refractivity contribution in [1.82, 2.24) is 10.3 Å². The van der Waals surface area contributed by atoms with E-state index < -0.39 is 0 Å². The van der Waals surface area contributed by atoms with Gasteiger partial charge in [0.1, 0.15) is 4.88 Å². The maximum atomic E-state index is 11.8. The Morgan fingerprint density at radius 1 is 1.73 bits per heavy atom. The Labute approximate surface area is 92.3 Å². The van der Waals surface area contributed by atoms with Gasteiger partial charge in [0.25, 0.3) is 5.91 Å².